The van der Waals surface area contributed by atoms with Gasteiger partial charge in [0.05, 0.1) is 12.2 Å². The van der Waals surface area contributed by atoms with Crippen molar-refractivity contribution >= 4 is 11.5 Å². The molecule has 0 amide bonds. The maximum Gasteiger partial charge on any atom is 0.341 e. The highest BCUT2D eigenvalue weighted by atomic mass is 16.7. The van der Waals surface area contributed by atoms with Crippen LogP contribution in [0.15, 0.2) is 35.9 Å². The molecule has 2 aliphatic heterocycles. The molecule has 0 N–H and O–H groups in total. The minimum atomic E-state index is -0.833. The maximum absolute atomic E-state index is 12.0. The van der Waals surface area contributed by atoms with E-state index in [4.69, 9.17) is 9.47 Å². The molecule has 0 bridgehead atoms. The van der Waals surface area contributed by atoms with Crippen LogP contribution in [0.25, 0.3) is 5.57 Å². The predicted octanol–water partition coefficient (Wildman–Crippen LogP) is 2.52. The number of hydrogen-bond donors (Lipinski definition) is 0. The number of ether oxygens (including phenoxy) is 2. The molecule has 1 atom stereocenters. The summed E-state index contributed by atoms with van der Waals surface area (Å²) in [6.45, 7) is 2.48. The van der Waals surface area contributed by atoms with Crippen molar-refractivity contribution in [2.24, 2.45) is 0 Å². The summed E-state index contributed by atoms with van der Waals surface area (Å²) in [6, 6.07) is 9.66. The van der Waals surface area contributed by atoms with Crippen molar-refractivity contribution in [1.29, 1.82) is 0 Å². The van der Waals surface area contributed by atoms with Crippen LogP contribution < -0.4 is 0 Å². The molecule has 1 saturated heterocycles. The summed E-state index contributed by atoms with van der Waals surface area (Å²) >= 11 is 0. The number of fused-ring (bicyclic) bond motifs is 1. The molecule has 1 aromatic carbocycles. The Hall–Kier alpha value is -1.61. The first kappa shape index (κ1) is 10.5. The number of carbonyl (C=O) groups excluding carboxylic acids is 1. The molecule has 0 aliphatic carbocycles. The third kappa shape index (κ3) is 1.58. The number of benzene rings is 1. The van der Waals surface area contributed by atoms with Gasteiger partial charge in [-0.3, -0.25) is 0 Å². The lowest BCUT2D eigenvalue weighted by Crippen LogP contribution is -2.35. The van der Waals surface area contributed by atoms with Crippen molar-refractivity contribution < 1.29 is 14.3 Å². The van der Waals surface area contributed by atoms with Crippen molar-refractivity contribution in [1.82, 2.24) is 0 Å². The first-order chi connectivity index (χ1) is 8.21. The molecule has 3 heteroatoms. The summed E-state index contributed by atoms with van der Waals surface area (Å²) in [4.78, 5) is 12.0. The number of hydrogen-bond acceptors (Lipinski definition) is 3. The molecule has 1 aromatic rings. The largest absolute Gasteiger partial charge is 0.426 e. The van der Waals surface area contributed by atoms with Gasteiger partial charge in [-0.05, 0) is 18.4 Å². The Kier molecular flexibility index (Phi) is 2.30. The van der Waals surface area contributed by atoms with Gasteiger partial charge in [-0.15, -0.1) is 0 Å². The summed E-state index contributed by atoms with van der Waals surface area (Å²) in [6.07, 6.45) is 1.81. The van der Waals surface area contributed by atoms with Crippen LogP contribution >= 0.6 is 0 Å². The average Bonchev–Trinajstić information content (AvgIpc) is 2.60. The fraction of sp³-hybridized carbons (Fsp3) is 0.357. The van der Waals surface area contributed by atoms with E-state index in [1.165, 1.54) is 0 Å². The monoisotopic (exact) mass is 230 g/mol. The summed E-state index contributed by atoms with van der Waals surface area (Å²) in [5, 5.41) is 0. The summed E-state index contributed by atoms with van der Waals surface area (Å²) in [7, 11) is 0. The lowest BCUT2D eigenvalue weighted by molar-refractivity contribution is -0.201. The van der Waals surface area contributed by atoms with E-state index in [0.717, 1.165) is 24.0 Å². The SMILES string of the molecule is CC12OCCCC1=C(c1ccccc1)C(=O)O2. The second kappa shape index (κ2) is 3.70. The molecule has 0 radical (unpaired) electrons. The van der Waals surface area contributed by atoms with Gasteiger partial charge >= 0.3 is 5.97 Å². The van der Waals surface area contributed by atoms with Crippen LogP contribution in [0, 0.1) is 0 Å². The van der Waals surface area contributed by atoms with Gasteiger partial charge in [-0.25, -0.2) is 4.79 Å². The molecule has 2 heterocycles. The zero-order valence-corrected chi connectivity index (χ0v) is 9.73. The summed E-state index contributed by atoms with van der Waals surface area (Å²) < 4.78 is 11.0. The third-order valence-corrected chi connectivity index (χ3v) is 3.35. The minimum Gasteiger partial charge on any atom is -0.426 e. The Labute approximate surface area is 100 Å². The molecular formula is C14H14O3. The Morgan fingerprint density at radius 3 is 2.76 bits per heavy atom. The summed E-state index contributed by atoms with van der Waals surface area (Å²) in [5.74, 6) is -1.10. The van der Waals surface area contributed by atoms with Gasteiger partial charge in [0.2, 0.25) is 5.79 Å². The zero-order valence-electron chi connectivity index (χ0n) is 9.73. The van der Waals surface area contributed by atoms with E-state index in [2.05, 4.69) is 0 Å². The zero-order chi connectivity index (χ0) is 11.9. The first-order valence-corrected chi connectivity index (χ1v) is 5.87. The molecule has 0 spiro atoms. The van der Waals surface area contributed by atoms with Crippen LogP contribution in [0.5, 0.6) is 0 Å². The average molecular weight is 230 g/mol. The number of rotatable bonds is 1. The Bertz CT molecular complexity index is 489. The second-order valence-electron chi connectivity index (χ2n) is 4.51. The fourth-order valence-corrected chi connectivity index (χ4v) is 2.52. The van der Waals surface area contributed by atoms with E-state index in [-0.39, 0.29) is 5.97 Å². The fourth-order valence-electron chi connectivity index (χ4n) is 2.52. The Balaban J connectivity index is 2.13. The highest BCUT2D eigenvalue weighted by molar-refractivity contribution is 6.20. The first-order valence-electron chi connectivity index (χ1n) is 5.87. The van der Waals surface area contributed by atoms with Crippen molar-refractivity contribution in [3.05, 3.63) is 41.5 Å². The topological polar surface area (TPSA) is 35.5 Å². The van der Waals surface area contributed by atoms with Gasteiger partial charge in [0.25, 0.3) is 0 Å². The van der Waals surface area contributed by atoms with E-state index in [9.17, 15) is 4.79 Å². The molecule has 1 unspecified atom stereocenters. The van der Waals surface area contributed by atoms with Gasteiger partial charge < -0.3 is 9.47 Å². The van der Waals surface area contributed by atoms with Crippen LogP contribution in [0.1, 0.15) is 25.3 Å². The molecule has 2 aliphatic rings. The van der Waals surface area contributed by atoms with E-state index >= 15 is 0 Å². The smallest absolute Gasteiger partial charge is 0.341 e. The summed E-state index contributed by atoms with van der Waals surface area (Å²) in [5.41, 5.74) is 2.59. The standard InChI is InChI=1S/C14H14O3/c1-14-11(8-5-9-16-14)12(13(15)17-14)10-6-3-2-4-7-10/h2-4,6-7H,5,8-9H2,1H3. The molecule has 3 nitrogen and oxygen atoms in total. The second-order valence-corrected chi connectivity index (χ2v) is 4.51. The maximum atomic E-state index is 12.0. The van der Waals surface area contributed by atoms with Gasteiger partial charge in [0, 0.05) is 12.5 Å². The third-order valence-electron chi connectivity index (χ3n) is 3.35. The highest BCUT2D eigenvalue weighted by Crippen LogP contribution is 2.43. The lowest BCUT2D eigenvalue weighted by atomic mass is 9.92. The number of carbonyl (C=O) groups is 1. The molecule has 88 valence electrons. The van der Waals surface area contributed by atoms with Crippen molar-refractivity contribution in [3.8, 4) is 0 Å². The van der Waals surface area contributed by atoms with E-state index in [1.54, 1.807) is 0 Å². The van der Waals surface area contributed by atoms with E-state index in [1.807, 2.05) is 37.3 Å². The molecule has 0 aromatic heterocycles. The van der Waals surface area contributed by atoms with Gasteiger partial charge in [-0.1, -0.05) is 30.3 Å². The van der Waals surface area contributed by atoms with Crippen LogP contribution in [0.3, 0.4) is 0 Å². The molecule has 1 fully saturated rings. The molecule has 3 rings (SSSR count). The normalized spacial score (nSPS) is 27.9. The van der Waals surface area contributed by atoms with Crippen LogP contribution in [-0.4, -0.2) is 18.4 Å². The quantitative estimate of drug-likeness (QED) is 0.695. The number of esters is 1. The van der Waals surface area contributed by atoms with Crippen LogP contribution in [-0.2, 0) is 14.3 Å². The minimum absolute atomic E-state index is 0.268. The van der Waals surface area contributed by atoms with Gasteiger partial charge in [-0.2, -0.15) is 0 Å². The van der Waals surface area contributed by atoms with Gasteiger partial charge in [0.1, 0.15) is 0 Å². The Morgan fingerprint density at radius 2 is 2.00 bits per heavy atom. The predicted molar refractivity (Wildman–Crippen MR) is 63.0 cm³/mol. The lowest BCUT2D eigenvalue weighted by Gasteiger charge is -2.30. The highest BCUT2D eigenvalue weighted by Gasteiger charge is 2.46. The van der Waals surface area contributed by atoms with Crippen LogP contribution in [0.2, 0.25) is 0 Å². The van der Waals surface area contributed by atoms with Gasteiger partial charge in [0.15, 0.2) is 0 Å². The molecule has 0 saturated carbocycles. The van der Waals surface area contributed by atoms with E-state index in [0.29, 0.717) is 12.2 Å². The Morgan fingerprint density at radius 1 is 1.24 bits per heavy atom. The van der Waals surface area contributed by atoms with Crippen molar-refractivity contribution in [2.45, 2.75) is 25.6 Å². The van der Waals surface area contributed by atoms with Crippen molar-refractivity contribution in [3.63, 3.8) is 0 Å². The van der Waals surface area contributed by atoms with Crippen LogP contribution in [0.4, 0.5) is 0 Å². The molecule has 17 heavy (non-hydrogen) atoms. The van der Waals surface area contributed by atoms with E-state index < -0.39 is 5.79 Å². The van der Waals surface area contributed by atoms with Crippen molar-refractivity contribution in [2.75, 3.05) is 6.61 Å². The molecular weight excluding hydrogens is 216 g/mol.